The summed E-state index contributed by atoms with van der Waals surface area (Å²) in [5.74, 6) is 0. The van der Waals surface area contributed by atoms with E-state index in [0.717, 1.165) is 15.9 Å². The predicted octanol–water partition coefficient (Wildman–Crippen LogP) is 2.28. The lowest BCUT2D eigenvalue weighted by Gasteiger charge is -2.22. The van der Waals surface area contributed by atoms with Crippen molar-refractivity contribution in [1.82, 2.24) is 10.1 Å². The molecule has 1 atom stereocenters. The minimum Gasteiger partial charge on any atom is -0.170 e. The molecule has 2 aliphatic heterocycles. The Bertz CT molecular complexity index is 688. The predicted molar refractivity (Wildman–Crippen MR) is 76.6 cm³/mol. The highest BCUT2D eigenvalue weighted by Gasteiger charge is 2.42. The fourth-order valence-electron chi connectivity index (χ4n) is 2.15. The Kier molecular flexibility index (Phi) is 2.42. The summed E-state index contributed by atoms with van der Waals surface area (Å²) in [6.07, 6.45) is -0.0411. The van der Waals surface area contributed by atoms with Gasteiger partial charge in [0, 0.05) is 10.6 Å². The third-order valence-electron chi connectivity index (χ3n) is 3.08. The Morgan fingerprint density at radius 2 is 2.11 bits per heavy atom. The summed E-state index contributed by atoms with van der Waals surface area (Å²) in [6.45, 7) is 2.09. The van der Waals surface area contributed by atoms with Gasteiger partial charge in [-0.05, 0) is 30.0 Å². The number of benzene rings is 1. The zero-order valence-corrected chi connectivity index (χ0v) is 11.7. The lowest BCUT2D eigenvalue weighted by molar-refractivity contribution is -0.769. The van der Waals surface area contributed by atoms with Crippen molar-refractivity contribution in [2.75, 3.05) is 0 Å². The largest absolute Gasteiger partial charge is 0.409 e. The SMILES string of the molecule is Cc1ccc(C2N3N=CSC3=Nc3scn[n+]32)cc1. The van der Waals surface area contributed by atoms with E-state index in [1.54, 1.807) is 23.1 Å². The van der Waals surface area contributed by atoms with Crippen molar-refractivity contribution in [3.05, 3.63) is 40.9 Å². The third-order valence-corrected chi connectivity index (χ3v) is 4.46. The maximum Gasteiger partial charge on any atom is 0.409 e. The zero-order chi connectivity index (χ0) is 12.8. The lowest BCUT2D eigenvalue weighted by Crippen LogP contribution is -2.52. The average molecular weight is 288 g/mol. The van der Waals surface area contributed by atoms with Gasteiger partial charge in [-0.25, -0.2) is 0 Å². The molecule has 0 saturated heterocycles. The van der Waals surface area contributed by atoms with Crippen molar-refractivity contribution in [2.45, 2.75) is 13.1 Å². The molecule has 19 heavy (non-hydrogen) atoms. The number of hydrogen-bond acceptors (Lipinski definition) is 6. The van der Waals surface area contributed by atoms with Gasteiger partial charge in [0.05, 0.1) is 5.55 Å². The Morgan fingerprint density at radius 3 is 2.95 bits per heavy atom. The standard InChI is InChI=1S/C12H10N5S2/c1-8-2-4-9(5-3-8)10-16-11(18-6-13-16)15-12-17(10)14-7-19-12/h2-7,10H,1H3/q+1. The summed E-state index contributed by atoms with van der Waals surface area (Å²) in [5, 5.41) is 12.5. The molecule has 0 fully saturated rings. The number of aromatic nitrogens is 2. The lowest BCUT2D eigenvalue weighted by atomic mass is 10.1. The van der Waals surface area contributed by atoms with Gasteiger partial charge in [-0.3, -0.25) is 0 Å². The van der Waals surface area contributed by atoms with Gasteiger partial charge in [0.15, 0.2) is 0 Å². The summed E-state index contributed by atoms with van der Waals surface area (Å²) in [4.78, 5) is 4.56. The molecule has 1 aromatic carbocycles. The molecular formula is C12H10N5S2+. The molecular weight excluding hydrogens is 278 g/mol. The van der Waals surface area contributed by atoms with Crippen LogP contribution in [0.2, 0.25) is 0 Å². The van der Waals surface area contributed by atoms with Crippen LogP contribution in [0.3, 0.4) is 0 Å². The molecule has 5 nitrogen and oxygen atoms in total. The van der Waals surface area contributed by atoms with Crippen LogP contribution in [0.25, 0.3) is 0 Å². The molecule has 0 saturated carbocycles. The smallest absolute Gasteiger partial charge is 0.170 e. The van der Waals surface area contributed by atoms with Gasteiger partial charge in [0.1, 0.15) is 5.51 Å². The fraction of sp³-hybridized carbons (Fsp3) is 0.167. The van der Waals surface area contributed by atoms with Crippen LogP contribution in [-0.4, -0.2) is 20.8 Å². The number of thioether (sulfide) groups is 1. The first-order valence-electron chi connectivity index (χ1n) is 5.82. The van der Waals surface area contributed by atoms with Crippen LogP contribution in [0, 0.1) is 6.92 Å². The zero-order valence-electron chi connectivity index (χ0n) is 10.1. The van der Waals surface area contributed by atoms with Crippen molar-refractivity contribution >= 4 is 38.9 Å². The molecule has 4 rings (SSSR count). The minimum atomic E-state index is -0.0411. The number of aliphatic imine (C=N–C) groups is 1. The van der Waals surface area contributed by atoms with Crippen LogP contribution in [0.5, 0.6) is 0 Å². The van der Waals surface area contributed by atoms with Gasteiger partial charge in [-0.15, -0.1) is 0 Å². The second-order valence-electron chi connectivity index (χ2n) is 4.33. The first kappa shape index (κ1) is 11.1. The van der Waals surface area contributed by atoms with Crippen molar-refractivity contribution in [3.63, 3.8) is 0 Å². The molecule has 3 heterocycles. The minimum absolute atomic E-state index is 0.0411. The number of nitrogens with zero attached hydrogens (tertiary/aromatic N) is 5. The van der Waals surface area contributed by atoms with Crippen LogP contribution in [0.4, 0.5) is 5.13 Å². The molecule has 0 N–H and O–H groups in total. The average Bonchev–Trinajstić information content (AvgIpc) is 3.05. The maximum absolute atomic E-state index is 4.56. The van der Waals surface area contributed by atoms with E-state index in [-0.39, 0.29) is 6.17 Å². The number of fused-ring (bicyclic) bond motifs is 2. The van der Waals surface area contributed by atoms with E-state index in [0.29, 0.717) is 0 Å². The summed E-state index contributed by atoms with van der Waals surface area (Å²) in [7, 11) is 0. The van der Waals surface area contributed by atoms with Crippen molar-refractivity contribution in [3.8, 4) is 0 Å². The van der Waals surface area contributed by atoms with E-state index in [1.165, 1.54) is 5.56 Å². The first-order chi connectivity index (χ1) is 9.33. The highest BCUT2D eigenvalue weighted by Crippen LogP contribution is 2.33. The van der Waals surface area contributed by atoms with E-state index in [4.69, 9.17) is 0 Å². The number of hydrazone groups is 1. The van der Waals surface area contributed by atoms with Crippen molar-refractivity contribution in [1.29, 1.82) is 0 Å². The molecule has 94 valence electrons. The van der Waals surface area contributed by atoms with Gasteiger partial charge in [-0.1, -0.05) is 39.6 Å². The molecule has 0 aliphatic carbocycles. The van der Waals surface area contributed by atoms with Crippen molar-refractivity contribution in [2.24, 2.45) is 10.1 Å². The third kappa shape index (κ3) is 1.69. The van der Waals surface area contributed by atoms with Crippen molar-refractivity contribution < 1.29 is 4.68 Å². The Labute approximate surface area is 118 Å². The number of amidine groups is 1. The second kappa shape index (κ2) is 4.14. The molecule has 2 aliphatic rings. The van der Waals surface area contributed by atoms with Gasteiger partial charge in [0.2, 0.25) is 6.17 Å². The van der Waals surface area contributed by atoms with Crippen LogP contribution < -0.4 is 4.68 Å². The molecule has 0 amide bonds. The topological polar surface area (TPSA) is 44.7 Å². The summed E-state index contributed by atoms with van der Waals surface area (Å²) >= 11 is 3.09. The highest BCUT2D eigenvalue weighted by molar-refractivity contribution is 8.25. The molecule has 2 aromatic rings. The van der Waals surface area contributed by atoms with Crippen LogP contribution in [-0.2, 0) is 0 Å². The van der Waals surface area contributed by atoms with Gasteiger partial charge < -0.3 is 0 Å². The molecule has 0 radical (unpaired) electrons. The second-order valence-corrected chi connectivity index (χ2v) is 5.95. The van der Waals surface area contributed by atoms with Gasteiger partial charge in [-0.2, -0.15) is 10.1 Å². The van der Waals surface area contributed by atoms with Gasteiger partial charge in [0.25, 0.3) is 0 Å². The van der Waals surface area contributed by atoms with Gasteiger partial charge >= 0.3 is 10.3 Å². The Morgan fingerprint density at radius 1 is 1.26 bits per heavy atom. The van der Waals surface area contributed by atoms with E-state index in [2.05, 4.69) is 46.4 Å². The number of aryl methyl sites for hydroxylation is 1. The highest BCUT2D eigenvalue weighted by atomic mass is 32.2. The van der Waals surface area contributed by atoms with Crippen LogP contribution in [0.1, 0.15) is 17.3 Å². The van der Waals surface area contributed by atoms with E-state index in [1.807, 2.05) is 20.7 Å². The van der Waals surface area contributed by atoms with Crippen LogP contribution in [0.15, 0.2) is 39.9 Å². The molecule has 1 unspecified atom stereocenters. The summed E-state index contributed by atoms with van der Waals surface area (Å²) < 4.78 is 1.92. The molecule has 0 spiro atoms. The number of hydrogen-bond donors (Lipinski definition) is 0. The fourth-order valence-corrected chi connectivity index (χ4v) is 3.48. The Hall–Kier alpha value is -1.73. The summed E-state index contributed by atoms with van der Waals surface area (Å²) in [5.41, 5.74) is 6.04. The maximum atomic E-state index is 4.56. The molecule has 0 bridgehead atoms. The van der Waals surface area contributed by atoms with E-state index < -0.39 is 0 Å². The number of rotatable bonds is 1. The Balaban J connectivity index is 1.88. The quantitative estimate of drug-likeness (QED) is 0.756. The van der Waals surface area contributed by atoms with E-state index in [9.17, 15) is 0 Å². The normalized spacial score (nSPS) is 20.2. The summed E-state index contributed by atoms with van der Waals surface area (Å²) in [6, 6.07) is 8.47. The molecule has 1 aromatic heterocycles. The molecule has 7 heteroatoms. The first-order valence-corrected chi connectivity index (χ1v) is 7.58. The van der Waals surface area contributed by atoms with E-state index >= 15 is 0 Å². The van der Waals surface area contributed by atoms with Crippen LogP contribution >= 0.6 is 23.1 Å². The monoisotopic (exact) mass is 288 g/mol.